The monoisotopic (exact) mass is 450 g/mol. The van der Waals surface area contributed by atoms with Crippen molar-refractivity contribution < 1.29 is 38.8 Å². The predicted octanol–water partition coefficient (Wildman–Crippen LogP) is 0.642. The predicted molar refractivity (Wildman–Crippen MR) is 110 cm³/mol. The zero-order valence-electron chi connectivity index (χ0n) is 16.8. The van der Waals surface area contributed by atoms with E-state index < -0.39 is 10.2 Å². The molecular formula is C24H19ClN2O5. The zero-order chi connectivity index (χ0) is 22.7. The number of allylic oxidation sites excluding steroid dienone is 3. The van der Waals surface area contributed by atoms with Gasteiger partial charge in [0.1, 0.15) is 11.4 Å². The molecule has 0 atom stereocenters. The lowest BCUT2D eigenvalue weighted by atomic mass is 9.94. The van der Waals surface area contributed by atoms with E-state index in [4.69, 9.17) is 18.6 Å². The largest absolute Gasteiger partial charge is 0.326 e. The first-order chi connectivity index (χ1) is 15.3. The van der Waals surface area contributed by atoms with Crippen molar-refractivity contribution in [3.63, 3.8) is 0 Å². The van der Waals surface area contributed by atoms with E-state index in [1.807, 2.05) is 36.4 Å². The molecule has 0 bridgehead atoms. The Balaban J connectivity index is 0.000000444. The van der Waals surface area contributed by atoms with E-state index in [1.54, 1.807) is 6.21 Å². The van der Waals surface area contributed by atoms with Gasteiger partial charge in [-0.1, -0.05) is 72.8 Å². The molecule has 162 valence electrons. The molecular weight excluding hydrogens is 432 g/mol. The maximum Gasteiger partial charge on any atom is 0.282 e. The van der Waals surface area contributed by atoms with Gasteiger partial charge < -0.3 is 4.90 Å². The minimum Gasteiger partial charge on any atom is -0.326 e. The first-order valence-corrected chi connectivity index (χ1v) is 10.9. The Bertz CT molecular complexity index is 1200. The van der Waals surface area contributed by atoms with E-state index in [9.17, 15) is 5.21 Å². The summed E-state index contributed by atoms with van der Waals surface area (Å²) in [6.07, 6.45) is 7.96. The average Bonchev–Trinajstić information content (AvgIpc) is 2.79. The smallest absolute Gasteiger partial charge is 0.282 e. The SMILES string of the molecule is O[N+]1=CC2=CC=CCN2c2c(-c3ccccc3)cc(-c3ccccc3)cc21.[O-][Cl+3]([O-])([O-])[O-]. The maximum absolute atomic E-state index is 10.7. The molecule has 32 heavy (non-hydrogen) atoms. The summed E-state index contributed by atoms with van der Waals surface area (Å²) >= 11 is 0. The number of rotatable bonds is 2. The fraction of sp³-hybridized carbons (Fsp3) is 0.0417. The molecule has 0 aromatic heterocycles. The molecule has 5 rings (SSSR count). The van der Waals surface area contributed by atoms with Gasteiger partial charge in [0.2, 0.25) is 6.21 Å². The quantitative estimate of drug-likeness (QED) is 0.452. The second-order valence-electron chi connectivity index (χ2n) is 7.11. The van der Waals surface area contributed by atoms with Crippen molar-refractivity contribution >= 4 is 17.6 Å². The highest BCUT2D eigenvalue weighted by molar-refractivity contribution is 5.97. The van der Waals surface area contributed by atoms with Gasteiger partial charge in [0.05, 0.1) is 0 Å². The van der Waals surface area contributed by atoms with E-state index in [1.165, 1.54) is 4.74 Å². The van der Waals surface area contributed by atoms with Crippen molar-refractivity contribution in [3.05, 3.63) is 96.7 Å². The first kappa shape index (κ1) is 21.8. The molecule has 3 aromatic rings. The highest BCUT2D eigenvalue weighted by Crippen LogP contribution is 2.45. The Morgan fingerprint density at radius 1 is 0.812 bits per heavy atom. The first-order valence-electron chi connectivity index (χ1n) is 9.69. The molecule has 1 N–H and O–H groups in total. The maximum atomic E-state index is 10.7. The molecule has 0 radical (unpaired) electrons. The third kappa shape index (κ3) is 4.88. The van der Waals surface area contributed by atoms with Crippen LogP contribution < -0.4 is 23.5 Å². The lowest BCUT2D eigenvalue weighted by Gasteiger charge is -2.30. The van der Waals surface area contributed by atoms with Gasteiger partial charge in [-0.2, -0.15) is 0 Å². The van der Waals surface area contributed by atoms with Crippen LogP contribution in [0.25, 0.3) is 22.3 Å². The summed E-state index contributed by atoms with van der Waals surface area (Å²) in [5.74, 6) is 0. The minimum absolute atomic E-state index is 0.785. The van der Waals surface area contributed by atoms with Crippen LogP contribution >= 0.6 is 0 Å². The molecule has 0 unspecified atom stereocenters. The molecule has 0 amide bonds. The Morgan fingerprint density at radius 2 is 1.41 bits per heavy atom. The van der Waals surface area contributed by atoms with Crippen LogP contribution in [-0.4, -0.2) is 22.7 Å². The third-order valence-corrected chi connectivity index (χ3v) is 5.06. The van der Waals surface area contributed by atoms with E-state index >= 15 is 0 Å². The van der Waals surface area contributed by atoms with Crippen LogP contribution in [0.15, 0.2) is 96.7 Å². The Morgan fingerprint density at radius 3 is 2.03 bits per heavy atom. The van der Waals surface area contributed by atoms with Crippen LogP contribution in [0.2, 0.25) is 0 Å². The Labute approximate surface area is 187 Å². The van der Waals surface area contributed by atoms with Gasteiger partial charge in [-0.15, -0.1) is 10.2 Å². The van der Waals surface area contributed by atoms with Crippen LogP contribution in [0.5, 0.6) is 0 Å². The van der Waals surface area contributed by atoms with Crippen LogP contribution in [0, 0.1) is 10.2 Å². The van der Waals surface area contributed by atoms with Crippen molar-refractivity contribution in [2.45, 2.75) is 0 Å². The summed E-state index contributed by atoms with van der Waals surface area (Å²) in [4.78, 5) is 2.25. The fourth-order valence-electron chi connectivity index (χ4n) is 3.77. The standard InChI is InChI=1S/C24H19N2O.ClHO4/c27-26-17-21-13-7-8-14-25(21)24-22(19-11-5-2-6-12-19)15-20(16-23(24)26)18-9-3-1-4-10-18;2-1(3,4)5/h1-13,15-17,27H,14H2;(H,2,3,4,5)/q+1;/p-1. The fourth-order valence-corrected chi connectivity index (χ4v) is 3.77. The van der Waals surface area contributed by atoms with E-state index in [2.05, 4.69) is 59.5 Å². The van der Waals surface area contributed by atoms with E-state index in [0.717, 1.165) is 45.9 Å². The number of anilines is 1. The van der Waals surface area contributed by atoms with Crippen LogP contribution in [-0.2, 0) is 0 Å². The van der Waals surface area contributed by atoms with Gasteiger partial charge in [-0.3, -0.25) is 5.21 Å². The third-order valence-electron chi connectivity index (χ3n) is 5.06. The highest BCUT2D eigenvalue weighted by Gasteiger charge is 2.33. The molecule has 2 heterocycles. The van der Waals surface area contributed by atoms with Crippen molar-refractivity contribution in [1.29, 1.82) is 0 Å². The molecule has 0 saturated carbocycles. The van der Waals surface area contributed by atoms with Gasteiger partial charge >= 0.3 is 0 Å². The molecule has 2 aliphatic rings. The Kier molecular flexibility index (Phi) is 6.09. The van der Waals surface area contributed by atoms with Gasteiger partial charge in [-0.05, 0) is 28.8 Å². The van der Waals surface area contributed by atoms with Crippen molar-refractivity contribution in [1.82, 2.24) is 0 Å². The molecule has 0 aliphatic carbocycles. The second-order valence-corrected chi connectivity index (χ2v) is 7.86. The Hall–Kier alpha value is -3.46. The number of hydrogen-bond donors (Lipinski definition) is 1. The zero-order valence-corrected chi connectivity index (χ0v) is 17.6. The van der Waals surface area contributed by atoms with Gasteiger partial charge in [-0.25, -0.2) is 18.6 Å². The number of benzene rings is 3. The van der Waals surface area contributed by atoms with Gasteiger partial charge in [0.15, 0.2) is 0 Å². The van der Waals surface area contributed by atoms with Crippen LogP contribution in [0.1, 0.15) is 0 Å². The summed E-state index contributed by atoms with van der Waals surface area (Å²) in [7, 11) is -4.94. The van der Waals surface area contributed by atoms with E-state index in [0.29, 0.717) is 0 Å². The van der Waals surface area contributed by atoms with Crippen LogP contribution in [0.3, 0.4) is 0 Å². The summed E-state index contributed by atoms with van der Waals surface area (Å²) < 4.78 is 35.2. The van der Waals surface area contributed by atoms with Crippen molar-refractivity contribution in [2.24, 2.45) is 0 Å². The number of hydrogen-bond acceptors (Lipinski definition) is 6. The van der Waals surface area contributed by atoms with Gasteiger partial charge in [0.25, 0.3) is 5.69 Å². The second kappa shape index (κ2) is 8.96. The normalized spacial score (nSPS) is 14.4. The van der Waals surface area contributed by atoms with Crippen molar-refractivity contribution in [3.8, 4) is 22.3 Å². The number of halogens is 1. The molecule has 0 saturated heterocycles. The molecule has 7 nitrogen and oxygen atoms in total. The molecule has 2 aliphatic heterocycles. The highest BCUT2D eigenvalue weighted by atomic mass is 35.7. The topological polar surface area (TPSA) is 119 Å². The summed E-state index contributed by atoms with van der Waals surface area (Å²) in [6, 6.07) is 24.9. The average molecular weight is 451 g/mol. The summed E-state index contributed by atoms with van der Waals surface area (Å²) in [5.41, 5.74) is 7.27. The lowest BCUT2D eigenvalue weighted by Crippen LogP contribution is -2.68. The summed E-state index contributed by atoms with van der Waals surface area (Å²) in [6.45, 7) is 0.785. The van der Waals surface area contributed by atoms with E-state index in [-0.39, 0.29) is 0 Å². The van der Waals surface area contributed by atoms with Crippen molar-refractivity contribution in [2.75, 3.05) is 11.4 Å². The molecule has 8 heteroatoms. The summed E-state index contributed by atoms with van der Waals surface area (Å²) in [5, 5.41) is 10.7. The van der Waals surface area contributed by atoms with Crippen LogP contribution in [0.4, 0.5) is 11.4 Å². The molecule has 0 fully saturated rings. The minimum atomic E-state index is -4.94. The lowest BCUT2D eigenvalue weighted by molar-refractivity contribution is -2.00. The number of nitrogens with zero attached hydrogens (tertiary/aromatic N) is 2. The molecule has 0 spiro atoms. The number of fused-ring (bicyclic) bond motifs is 3. The van der Waals surface area contributed by atoms with Gasteiger partial charge in [0, 0.05) is 22.9 Å². The molecule has 3 aromatic carbocycles.